The number of quaternary nitrogens is 1. The van der Waals surface area contributed by atoms with Gasteiger partial charge in [-0.1, -0.05) is 0 Å². The van der Waals surface area contributed by atoms with Crippen LogP contribution in [0.4, 0.5) is 0 Å². The van der Waals surface area contributed by atoms with E-state index in [1.807, 2.05) is 13.1 Å². The van der Waals surface area contributed by atoms with Gasteiger partial charge in [0.25, 0.3) is 0 Å². The molecule has 0 fully saturated rings. The van der Waals surface area contributed by atoms with E-state index in [0.29, 0.717) is 0 Å². The molecule has 0 bridgehead atoms. The van der Waals surface area contributed by atoms with Crippen LogP contribution in [-0.2, 0) is 6.54 Å². The number of aromatic nitrogens is 1. The van der Waals surface area contributed by atoms with Gasteiger partial charge in [-0.05, 0) is 19.1 Å². The van der Waals surface area contributed by atoms with E-state index in [1.165, 1.54) is 5.56 Å². The van der Waals surface area contributed by atoms with Gasteiger partial charge in [0, 0.05) is 17.5 Å². The lowest BCUT2D eigenvalue weighted by atomic mass is 10.2. The van der Waals surface area contributed by atoms with Gasteiger partial charge in [-0.2, -0.15) is 0 Å². The second kappa shape index (κ2) is 4.72. The van der Waals surface area contributed by atoms with E-state index in [-0.39, 0.29) is 17.0 Å². The number of rotatable bonds is 2. The summed E-state index contributed by atoms with van der Waals surface area (Å²) >= 11 is 0. The van der Waals surface area contributed by atoms with Gasteiger partial charge in [0.1, 0.15) is 6.54 Å². The van der Waals surface area contributed by atoms with E-state index in [9.17, 15) is 0 Å². The highest BCUT2D eigenvalue weighted by Gasteiger charge is 2.07. The minimum absolute atomic E-state index is 0. The Morgan fingerprint density at radius 2 is 1.92 bits per heavy atom. The average molecular weight is 245 g/mol. The van der Waals surface area contributed by atoms with E-state index in [1.54, 1.807) is 0 Å². The van der Waals surface area contributed by atoms with Crippen LogP contribution >= 0.6 is 0 Å². The molecule has 0 amide bonds. The molecule has 0 aliphatic heterocycles. The first kappa shape index (κ1) is 12.6. The molecule has 0 saturated carbocycles. The topological polar surface area (TPSA) is 12.9 Å². The average Bonchev–Trinajstić information content (AvgIpc) is 1.82. The largest absolute Gasteiger partial charge is 1.00 e. The predicted molar refractivity (Wildman–Crippen MR) is 50.7 cm³/mol. The molecule has 0 spiro atoms. The van der Waals surface area contributed by atoms with Gasteiger partial charge in [0.05, 0.1) is 21.1 Å². The minimum Gasteiger partial charge on any atom is -1.00 e. The summed E-state index contributed by atoms with van der Waals surface area (Å²) in [7, 11) is 6.57. The number of halogens is 1. The molecule has 0 aliphatic carbocycles. The zero-order chi connectivity index (χ0) is 9.19. The molecule has 74 valence electrons. The summed E-state index contributed by atoms with van der Waals surface area (Å²) in [4.78, 5) is 4.16. The van der Waals surface area contributed by atoms with Crippen molar-refractivity contribution in [2.24, 2.45) is 0 Å². The normalized spacial score (nSPS) is 10.8. The molecule has 0 aromatic carbocycles. The summed E-state index contributed by atoms with van der Waals surface area (Å²) in [6, 6.07) is 4.22. The summed E-state index contributed by atoms with van der Waals surface area (Å²) in [5.41, 5.74) is 2.45. The zero-order valence-electron chi connectivity index (χ0n) is 8.71. The van der Waals surface area contributed by atoms with E-state index in [4.69, 9.17) is 0 Å². The smallest absolute Gasteiger partial charge is 0.104 e. The first-order chi connectivity index (χ1) is 5.47. The van der Waals surface area contributed by atoms with Crippen LogP contribution in [0.5, 0.6) is 0 Å². The quantitative estimate of drug-likeness (QED) is 0.584. The number of nitrogens with zero attached hydrogens (tertiary/aromatic N) is 2. The third kappa shape index (κ3) is 5.01. The fourth-order valence-electron chi connectivity index (χ4n) is 1.25. The van der Waals surface area contributed by atoms with Crippen molar-refractivity contribution in [2.45, 2.75) is 13.5 Å². The Morgan fingerprint density at radius 3 is 2.38 bits per heavy atom. The van der Waals surface area contributed by atoms with Crippen molar-refractivity contribution in [2.75, 3.05) is 21.1 Å². The monoisotopic (exact) mass is 244 g/mol. The van der Waals surface area contributed by atoms with Crippen LogP contribution in [0.3, 0.4) is 0 Å². The number of aryl methyl sites for hydroxylation is 1. The molecule has 1 rings (SSSR count). The molecule has 0 aliphatic rings. The minimum atomic E-state index is 0. The highest BCUT2D eigenvalue weighted by atomic mass is 79.9. The van der Waals surface area contributed by atoms with Crippen LogP contribution in [0.15, 0.2) is 18.3 Å². The molecule has 13 heavy (non-hydrogen) atoms. The van der Waals surface area contributed by atoms with Crippen LogP contribution in [0.25, 0.3) is 0 Å². The molecule has 0 radical (unpaired) electrons. The lowest BCUT2D eigenvalue weighted by molar-refractivity contribution is -0.884. The maximum Gasteiger partial charge on any atom is 0.104 e. The maximum atomic E-state index is 4.16. The lowest BCUT2D eigenvalue weighted by Crippen LogP contribution is -3.00. The molecular formula is C10H17BrN2. The fraction of sp³-hybridized carbons (Fsp3) is 0.500. The number of hydrogen-bond donors (Lipinski definition) is 0. The summed E-state index contributed by atoms with van der Waals surface area (Å²) in [6.45, 7) is 3.09. The Kier molecular flexibility index (Phi) is 4.57. The number of hydrogen-bond acceptors (Lipinski definition) is 1. The maximum absolute atomic E-state index is 4.16. The van der Waals surface area contributed by atoms with Crippen LogP contribution < -0.4 is 17.0 Å². The molecule has 1 aromatic rings. The van der Waals surface area contributed by atoms with E-state index < -0.39 is 0 Å². The Hall–Kier alpha value is -0.410. The Morgan fingerprint density at radius 1 is 1.31 bits per heavy atom. The van der Waals surface area contributed by atoms with Crippen LogP contribution in [-0.4, -0.2) is 30.6 Å². The van der Waals surface area contributed by atoms with Crippen molar-refractivity contribution in [3.63, 3.8) is 0 Å². The van der Waals surface area contributed by atoms with Gasteiger partial charge < -0.3 is 21.5 Å². The summed E-state index contributed by atoms with van der Waals surface area (Å²) in [5.74, 6) is 0. The SMILES string of the molecule is Cc1cc(C[N+](C)(C)C)ccn1.[Br-]. The second-order valence-corrected chi connectivity index (χ2v) is 4.25. The van der Waals surface area contributed by atoms with Crippen LogP contribution in [0, 0.1) is 6.92 Å². The molecule has 0 saturated heterocycles. The van der Waals surface area contributed by atoms with Crippen molar-refractivity contribution in [1.82, 2.24) is 4.98 Å². The molecule has 1 heterocycles. The molecule has 2 nitrogen and oxygen atoms in total. The van der Waals surface area contributed by atoms with E-state index >= 15 is 0 Å². The van der Waals surface area contributed by atoms with Crippen molar-refractivity contribution in [3.05, 3.63) is 29.6 Å². The van der Waals surface area contributed by atoms with Gasteiger partial charge in [0.15, 0.2) is 0 Å². The standard InChI is InChI=1S/C10H17N2.BrH/c1-9-7-10(5-6-11-9)8-12(2,3)4;/h5-7H,8H2,1-4H3;1H/q+1;/p-1. The summed E-state index contributed by atoms with van der Waals surface area (Å²) in [6.07, 6.45) is 1.88. The van der Waals surface area contributed by atoms with E-state index in [2.05, 4.69) is 38.3 Å². The first-order valence-electron chi connectivity index (χ1n) is 4.19. The Bertz CT molecular complexity index is 266. The molecule has 0 unspecified atom stereocenters. The van der Waals surface area contributed by atoms with Crippen molar-refractivity contribution in [1.29, 1.82) is 0 Å². The molecule has 1 aromatic heterocycles. The Balaban J connectivity index is 0.00000144. The van der Waals surface area contributed by atoms with Gasteiger partial charge in [-0.15, -0.1) is 0 Å². The fourth-order valence-corrected chi connectivity index (χ4v) is 1.25. The molecular weight excluding hydrogens is 228 g/mol. The van der Waals surface area contributed by atoms with Crippen molar-refractivity contribution < 1.29 is 21.5 Å². The summed E-state index contributed by atoms with van der Waals surface area (Å²) < 4.78 is 0.962. The second-order valence-electron chi connectivity index (χ2n) is 4.25. The third-order valence-electron chi connectivity index (χ3n) is 1.62. The highest BCUT2D eigenvalue weighted by molar-refractivity contribution is 5.14. The van der Waals surface area contributed by atoms with Gasteiger partial charge in [-0.25, -0.2) is 0 Å². The number of pyridine rings is 1. The molecule has 3 heteroatoms. The van der Waals surface area contributed by atoms with Gasteiger partial charge in [0.2, 0.25) is 0 Å². The first-order valence-corrected chi connectivity index (χ1v) is 4.19. The van der Waals surface area contributed by atoms with Crippen LogP contribution in [0.1, 0.15) is 11.3 Å². The van der Waals surface area contributed by atoms with Crippen LogP contribution in [0.2, 0.25) is 0 Å². The summed E-state index contributed by atoms with van der Waals surface area (Å²) in [5, 5.41) is 0. The highest BCUT2D eigenvalue weighted by Crippen LogP contribution is 2.06. The third-order valence-corrected chi connectivity index (χ3v) is 1.62. The van der Waals surface area contributed by atoms with Crippen molar-refractivity contribution >= 4 is 0 Å². The predicted octanol–water partition coefficient (Wildman–Crippen LogP) is -1.40. The van der Waals surface area contributed by atoms with E-state index in [0.717, 1.165) is 16.7 Å². The zero-order valence-corrected chi connectivity index (χ0v) is 10.3. The van der Waals surface area contributed by atoms with Gasteiger partial charge in [-0.3, -0.25) is 4.98 Å². The Labute approximate surface area is 91.0 Å². The lowest BCUT2D eigenvalue weighted by Gasteiger charge is -2.23. The van der Waals surface area contributed by atoms with Crippen molar-refractivity contribution in [3.8, 4) is 0 Å². The van der Waals surface area contributed by atoms with Gasteiger partial charge >= 0.3 is 0 Å². The molecule has 0 atom stereocenters. The molecule has 0 N–H and O–H groups in total.